The lowest BCUT2D eigenvalue weighted by Gasteiger charge is -2.04. The molecule has 2 aromatic rings. The molecule has 7 nitrogen and oxygen atoms in total. The van der Waals surface area contributed by atoms with Gasteiger partial charge >= 0.3 is 5.97 Å². The second kappa shape index (κ2) is 5.44. The zero-order valence-electron chi connectivity index (χ0n) is 9.24. The summed E-state index contributed by atoms with van der Waals surface area (Å²) in [6.07, 6.45) is 1.67. The average Bonchev–Trinajstić information content (AvgIpc) is 2.69. The molecular formula is C9H8BrN5O2S. The number of tetrazole rings is 1. The normalized spacial score (nSPS) is 10.6. The highest BCUT2D eigenvalue weighted by atomic mass is 79.9. The van der Waals surface area contributed by atoms with Crippen LogP contribution in [0.1, 0.15) is 5.56 Å². The van der Waals surface area contributed by atoms with Gasteiger partial charge < -0.3 is 5.11 Å². The highest BCUT2D eigenvalue weighted by Gasteiger charge is 2.13. The second-order valence-corrected chi connectivity index (χ2v) is 5.26. The van der Waals surface area contributed by atoms with E-state index in [0.717, 1.165) is 15.1 Å². The molecule has 0 saturated heterocycles. The van der Waals surface area contributed by atoms with Crippen molar-refractivity contribution in [3.63, 3.8) is 0 Å². The van der Waals surface area contributed by atoms with E-state index >= 15 is 0 Å². The number of pyridine rings is 1. The number of carboxylic acids is 1. The van der Waals surface area contributed by atoms with E-state index in [1.807, 2.05) is 13.0 Å². The maximum absolute atomic E-state index is 10.6. The molecule has 0 aliphatic rings. The summed E-state index contributed by atoms with van der Waals surface area (Å²) in [6, 6.07) is 1.92. The van der Waals surface area contributed by atoms with Crippen molar-refractivity contribution in [1.82, 2.24) is 25.2 Å². The lowest BCUT2D eigenvalue weighted by Crippen LogP contribution is -2.11. The molecule has 2 rings (SSSR count). The van der Waals surface area contributed by atoms with E-state index in [1.165, 1.54) is 16.4 Å². The molecule has 2 aromatic heterocycles. The Labute approximate surface area is 115 Å². The van der Waals surface area contributed by atoms with E-state index in [4.69, 9.17) is 5.11 Å². The van der Waals surface area contributed by atoms with Gasteiger partial charge in [0.1, 0.15) is 11.6 Å². The van der Waals surface area contributed by atoms with Gasteiger partial charge in [0, 0.05) is 10.7 Å². The molecule has 0 radical (unpaired) electrons. The van der Waals surface area contributed by atoms with Crippen LogP contribution in [0.5, 0.6) is 0 Å². The molecule has 0 bridgehead atoms. The number of carboxylic acid groups (broad SMARTS) is 1. The Balaban J connectivity index is 2.23. The van der Waals surface area contributed by atoms with Gasteiger partial charge in [-0.3, -0.25) is 4.79 Å². The molecule has 0 amide bonds. The van der Waals surface area contributed by atoms with Crippen molar-refractivity contribution in [1.29, 1.82) is 0 Å². The molecule has 0 unspecified atom stereocenters. The summed E-state index contributed by atoms with van der Waals surface area (Å²) in [4.78, 5) is 14.9. The minimum Gasteiger partial charge on any atom is -0.480 e. The predicted molar refractivity (Wildman–Crippen MR) is 66.2 cm³/mol. The van der Waals surface area contributed by atoms with Gasteiger partial charge in [-0.25, -0.2) is 9.67 Å². The van der Waals surface area contributed by atoms with Crippen molar-refractivity contribution in [3.05, 3.63) is 22.3 Å². The van der Waals surface area contributed by atoms with E-state index in [1.54, 1.807) is 6.20 Å². The van der Waals surface area contributed by atoms with Crippen molar-refractivity contribution >= 4 is 33.7 Å². The molecule has 18 heavy (non-hydrogen) atoms. The van der Waals surface area contributed by atoms with Crippen LogP contribution in [0.15, 0.2) is 26.9 Å². The molecule has 2 heterocycles. The van der Waals surface area contributed by atoms with Gasteiger partial charge in [0.05, 0.1) is 0 Å². The quantitative estimate of drug-likeness (QED) is 0.905. The first-order valence-electron chi connectivity index (χ1n) is 4.84. The van der Waals surface area contributed by atoms with Crippen LogP contribution in [0.2, 0.25) is 0 Å². The van der Waals surface area contributed by atoms with Gasteiger partial charge in [0.25, 0.3) is 0 Å². The third-order valence-electron chi connectivity index (χ3n) is 1.97. The van der Waals surface area contributed by atoms with E-state index < -0.39 is 5.97 Å². The molecule has 0 aliphatic heterocycles. The van der Waals surface area contributed by atoms with Crippen LogP contribution in [0.25, 0.3) is 0 Å². The molecule has 0 saturated carbocycles. The Morgan fingerprint density at radius 1 is 1.61 bits per heavy atom. The van der Waals surface area contributed by atoms with E-state index in [-0.39, 0.29) is 6.54 Å². The molecule has 0 fully saturated rings. The number of hydrogen-bond acceptors (Lipinski definition) is 6. The number of rotatable bonds is 4. The van der Waals surface area contributed by atoms with Gasteiger partial charge in [0.2, 0.25) is 5.16 Å². The van der Waals surface area contributed by atoms with Crippen LogP contribution >= 0.6 is 27.7 Å². The lowest BCUT2D eigenvalue weighted by molar-refractivity contribution is -0.138. The highest BCUT2D eigenvalue weighted by Crippen LogP contribution is 2.27. The van der Waals surface area contributed by atoms with Gasteiger partial charge in [-0.05, 0) is 56.7 Å². The first kappa shape index (κ1) is 13.0. The average molecular weight is 330 g/mol. The molecule has 9 heteroatoms. The minimum atomic E-state index is -0.996. The van der Waals surface area contributed by atoms with Crippen molar-refractivity contribution < 1.29 is 9.90 Å². The summed E-state index contributed by atoms with van der Waals surface area (Å²) in [6.45, 7) is 1.64. The van der Waals surface area contributed by atoms with Crippen LogP contribution in [0.4, 0.5) is 0 Å². The van der Waals surface area contributed by atoms with Crippen LogP contribution in [0.3, 0.4) is 0 Å². The van der Waals surface area contributed by atoms with Crippen LogP contribution < -0.4 is 0 Å². The van der Waals surface area contributed by atoms with Crippen LogP contribution in [-0.4, -0.2) is 36.3 Å². The van der Waals surface area contributed by atoms with E-state index in [2.05, 4.69) is 36.4 Å². The zero-order chi connectivity index (χ0) is 13.1. The number of nitrogens with zero attached hydrogens (tertiary/aromatic N) is 5. The first-order valence-corrected chi connectivity index (χ1v) is 6.45. The van der Waals surface area contributed by atoms with E-state index in [9.17, 15) is 4.79 Å². The number of aromatic nitrogens is 5. The van der Waals surface area contributed by atoms with Gasteiger partial charge in [-0.1, -0.05) is 0 Å². The summed E-state index contributed by atoms with van der Waals surface area (Å²) in [5, 5.41) is 20.7. The van der Waals surface area contributed by atoms with Crippen molar-refractivity contribution in [3.8, 4) is 0 Å². The predicted octanol–water partition coefficient (Wildman–Crippen LogP) is 1.37. The summed E-state index contributed by atoms with van der Waals surface area (Å²) in [5.74, 6) is -0.996. The van der Waals surface area contributed by atoms with Crippen LogP contribution in [0, 0.1) is 6.92 Å². The lowest BCUT2D eigenvalue weighted by atomic mass is 10.3. The maximum atomic E-state index is 10.6. The fourth-order valence-corrected chi connectivity index (χ4v) is 2.45. The highest BCUT2D eigenvalue weighted by molar-refractivity contribution is 9.10. The monoisotopic (exact) mass is 329 g/mol. The SMILES string of the molecule is Cc1cc(Br)cnc1Sc1nnnn1CC(=O)O. The number of aryl methyl sites for hydroxylation is 1. The standard InChI is InChI=1S/C9H8BrN5O2S/c1-5-2-6(10)3-11-8(5)18-9-12-13-14-15(9)4-7(16)17/h2-3H,4H2,1H3,(H,16,17). The smallest absolute Gasteiger partial charge is 0.325 e. The number of hydrogen-bond donors (Lipinski definition) is 1. The Bertz CT molecular complexity index is 588. The summed E-state index contributed by atoms with van der Waals surface area (Å²) < 4.78 is 2.10. The van der Waals surface area contributed by atoms with Crippen LogP contribution in [-0.2, 0) is 11.3 Å². The Hall–Kier alpha value is -1.48. The maximum Gasteiger partial charge on any atom is 0.325 e. The summed E-state index contributed by atoms with van der Waals surface area (Å²) >= 11 is 4.56. The second-order valence-electron chi connectivity index (χ2n) is 3.39. The molecule has 0 aliphatic carbocycles. The van der Waals surface area contributed by atoms with Crippen molar-refractivity contribution in [2.24, 2.45) is 0 Å². The fourth-order valence-electron chi connectivity index (χ4n) is 1.22. The molecule has 0 atom stereocenters. The topological polar surface area (TPSA) is 93.8 Å². The van der Waals surface area contributed by atoms with Crippen molar-refractivity contribution in [2.45, 2.75) is 23.7 Å². The summed E-state index contributed by atoms with van der Waals surface area (Å²) in [7, 11) is 0. The largest absolute Gasteiger partial charge is 0.480 e. The minimum absolute atomic E-state index is 0.273. The summed E-state index contributed by atoms with van der Waals surface area (Å²) in [5.41, 5.74) is 0.958. The Morgan fingerprint density at radius 3 is 3.06 bits per heavy atom. The Morgan fingerprint density at radius 2 is 2.39 bits per heavy atom. The fraction of sp³-hybridized carbons (Fsp3) is 0.222. The number of aliphatic carboxylic acids is 1. The Kier molecular flexibility index (Phi) is 3.92. The van der Waals surface area contributed by atoms with Gasteiger partial charge in [-0.2, -0.15) is 0 Å². The molecule has 0 aromatic carbocycles. The number of carbonyl (C=O) groups is 1. The van der Waals surface area contributed by atoms with Gasteiger partial charge in [-0.15, -0.1) is 5.10 Å². The molecule has 1 N–H and O–H groups in total. The van der Waals surface area contributed by atoms with Crippen molar-refractivity contribution in [2.75, 3.05) is 0 Å². The molecular weight excluding hydrogens is 322 g/mol. The third-order valence-corrected chi connectivity index (χ3v) is 3.50. The molecule has 94 valence electrons. The molecule has 0 spiro atoms. The first-order chi connectivity index (χ1) is 8.56. The third kappa shape index (κ3) is 3.05. The van der Waals surface area contributed by atoms with Gasteiger partial charge in [0.15, 0.2) is 0 Å². The zero-order valence-corrected chi connectivity index (χ0v) is 11.6. The van der Waals surface area contributed by atoms with E-state index in [0.29, 0.717) is 5.16 Å². The number of halogens is 1.